The van der Waals surface area contributed by atoms with Crippen molar-refractivity contribution in [2.45, 2.75) is 25.7 Å². The molecule has 0 radical (unpaired) electrons. The van der Waals surface area contributed by atoms with Gasteiger partial charge < -0.3 is 15.0 Å². The normalized spacial score (nSPS) is 14.4. The molecule has 0 spiro atoms. The third kappa shape index (κ3) is 6.45. The molecule has 11 heteroatoms. The Balaban J connectivity index is 1.57. The molecule has 1 fully saturated rings. The van der Waals surface area contributed by atoms with Crippen LogP contribution in [-0.4, -0.2) is 43.7 Å². The van der Waals surface area contributed by atoms with Gasteiger partial charge in [0.05, 0.1) is 29.9 Å². The number of rotatable bonds is 6. The number of carbonyl (C=O) groups is 1. The number of amides is 1. The number of aromatic nitrogens is 1. The molecule has 0 bridgehead atoms. The van der Waals surface area contributed by atoms with Crippen molar-refractivity contribution in [2.75, 3.05) is 37.7 Å². The van der Waals surface area contributed by atoms with Crippen molar-refractivity contribution in [1.82, 2.24) is 10.3 Å². The first-order valence-corrected chi connectivity index (χ1v) is 11.9. The van der Waals surface area contributed by atoms with Crippen LogP contribution >= 0.6 is 0 Å². The molecule has 0 saturated carbocycles. The minimum atomic E-state index is -4.93. The van der Waals surface area contributed by atoms with Crippen LogP contribution in [0, 0.1) is 6.92 Å². The van der Waals surface area contributed by atoms with Crippen molar-refractivity contribution in [1.29, 1.82) is 0 Å². The van der Waals surface area contributed by atoms with Crippen molar-refractivity contribution < 1.29 is 35.9 Å². The largest absolute Gasteiger partial charge is 0.416 e. The van der Waals surface area contributed by atoms with Crippen LogP contribution < -0.4 is 10.2 Å². The lowest BCUT2D eigenvalue weighted by Crippen LogP contribution is -2.37. The Morgan fingerprint density at radius 1 is 0.947 bits per heavy atom. The van der Waals surface area contributed by atoms with Gasteiger partial charge in [0, 0.05) is 25.8 Å². The molecule has 1 aliphatic heterocycles. The number of hydrogen-bond donors (Lipinski definition) is 1. The van der Waals surface area contributed by atoms with E-state index < -0.39 is 29.4 Å². The number of morpholine rings is 1. The van der Waals surface area contributed by atoms with Crippen molar-refractivity contribution in [3.8, 4) is 11.1 Å². The number of halogens is 6. The predicted molar refractivity (Wildman–Crippen MR) is 130 cm³/mol. The van der Waals surface area contributed by atoms with Crippen LogP contribution in [0.2, 0.25) is 0 Å². The molecule has 0 aliphatic carbocycles. The molecule has 3 aromatic rings. The summed E-state index contributed by atoms with van der Waals surface area (Å²) in [5.41, 5.74) is -0.373. The van der Waals surface area contributed by atoms with Crippen LogP contribution in [0.3, 0.4) is 0 Å². The van der Waals surface area contributed by atoms with Gasteiger partial charge in [0.1, 0.15) is 5.82 Å². The molecular formula is C27H25F6N3O2. The summed E-state index contributed by atoms with van der Waals surface area (Å²) in [7, 11) is 0. The van der Waals surface area contributed by atoms with E-state index in [0.717, 1.165) is 11.1 Å². The van der Waals surface area contributed by atoms with E-state index >= 15 is 0 Å². The number of alkyl halides is 6. The van der Waals surface area contributed by atoms with Gasteiger partial charge in [-0.1, -0.05) is 24.3 Å². The van der Waals surface area contributed by atoms with Crippen LogP contribution in [0.1, 0.15) is 32.6 Å². The smallest absolute Gasteiger partial charge is 0.378 e. The number of pyridine rings is 1. The number of aryl methyl sites for hydroxylation is 1. The molecule has 1 aromatic heterocycles. The maximum atomic E-state index is 13.2. The summed E-state index contributed by atoms with van der Waals surface area (Å²) in [5.74, 6) is 0.138. The van der Waals surface area contributed by atoms with Gasteiger partial charge in [-0.15, -0.1) is 0 Å². The SMILES string of the molecule is Cc1ccccc1-c1cc(N2CCOCC2)ncc1C(=O)NCCc1cc(C(F)(F)F)cc(C(F)(F)F)c1. The molecule has 1 aliphatic rings. The topological polar surface area (TPSA) is 54.5 Å². The summed E-state index contributed by atoms with van der Waals surface area (Å²) in [6.45, 7) is 4.11. The number of nitrogens with zero attached hydrogens (tertiary/aromatic N) is 2. The third-order valence-electron chi connectivity index (χ3n) is 6.25. The van der Waals surface area contributed by atoms with Gasteiger partial charge in [-0.05, 0) is 59.9 Å². The van der Waals surface area contributed by atoms with E-state index in [1.165, 1.54) is 6.20 Å². The van der Waals surface area contributed by atoms with E-state index in [-0.39, 0.29) is 30.2 Å². The van der Waals surface area contributed by atoms with E-state index in [4.69, 9.17) is 4.74 Å². The van der Waals surface area contributed by atoms with Crippen LogP contribution in [0.4, 0.5) is 32.2 Å². The number of anilines is 1. The lowest BCUT2D eigenvalue weighted by molar-refractivity contribution is -0.143. The zero-order valence-electron chi connectivity index (χ0n) is 20.4. The number of hydrogen-bond acceptors (Lipinski definition) is 4. The second-order valence-corrected chi connectivity index (χ2v) is 8.92. The molecule has 5 nitrogen and oxygen atoms in total. The average molecular weight is 538 g/mol. The highest BCUT2D eigenvalue weighted by molar-refractivity contribution is 6.01. The third-order valence-corrected chi connectivity index (χ3v) is 6.25. The van der Waals surface area contributed by atoms with Gasteiger partial charge in [-0.25, -0.2) is 4.98 Å². The highest BCUT2D eigenvalue weighted by Crippen LogP contribution is 2.36. The van der Waals surface area contributed by atoms with Crippen molar-refractivity contribution in [3.63, 3.8) is 0 Å². The summed E-state index contributed by atoms with van der Waals surface area (Å²) < 4.78 is 84.3. The minimum Gasteiger partial charge on any atom is -0.378 e. The fraction of sp³-hybridized carbons (Fsp3) is 0.333. The van der Waals surface area contributed by atoms with E-state index in [1.807, 2.05) is 42.2 Å². The first-order chi connectivity index (χ1) is 17.9. The molecule has 1 saturated heterocycles. The second kappa shape index (κ2) is 11.0. The lowest BCUT2D eigenvalue weighted by Gasteiger charge is -2.28. The lowest BCUT2D eigenvalue weighted by atomic mass is 9.96. The molecule has 202 valence electrons. The van der Waals surface area contributed by atoms with Gasteiger partial charge >= 0.3 is 12.4 Å². The highest BCUT2D eigenvalue weighted by atomic mass is 19.4. The van der Waals surface area contributed by atoms with Crippen LogP contribution in [-0.2, 0) is 23.5 Å². The molecule has 0 unspecified atom stereocenters. The molecule has 2 heterocycles. The maximum Gasteiger partial charge on any atom is 0.416 e. The van der Waals surface area contributed by atoms with Gasteiger partial charge in [0.25, 0.3) is 5.91 Å². The van der Waals surface area contributed by atoms with Crippen LogP contribution in [0.5, 0.6) is 0 Å². The van der Waals surface area contributed by atoms with Gasteiger partial charge in [-0.3, -0.25) is 4.79 Å². The quantitative estimate of drug-likeness (QED) is 0.398. The Kier molecular flexibility index (Phi) is 7.96. The molecule has 1 amide bonds. The van der Waals surface area contributed by atoms with Crippen molar-refractivity contribution >= 4 is 11.7 Å². The number of nitrogens with one attached hydrogen (secondary N) is 1. The van der Waals surface area contributed by atoms with E-state index in [2.05, 4.69) is 10.3 Å². The highest BCUT2D eigenvalue weighted by Gasteiger charge is 2.36. The standard InChI is InChI=1S/C27H25F6N3O2/c1-17-4-2-3-5-21(17)22-15-24(36-8-10-38-11-9-36)35-16-23(22)25(37)34-7-6-18-12-19(26(28,29)30)14-20(13-18)27(31,32)33/h2-5,12-16H,6-11H2,1H3,(H,34,37). The van der Waals surface area contributed by atoms with Gasteiger partial charge in [0.2, 0.25) is 0 Å². The fourth-order valence-electron chi connectivity index (χ4n) is 4.27. The summed E-state index contributed by atoms with van der Waals surface area (Å²) in [4.78, 5) is 19.6. The molecule has 4 rings (SSSR count). The van der Waals surface area contributed by atoms with Crippen LogP contribution in [0.15, 0.2) is 54.7 Å². The average Bonchev–Trinajstić information content (AvgIpc) is 2.88. The summed E-state index contributed by atoms with van der Waals surface area (Å²) in [6.07, 6.45) is -8.66. The Hall–Kier alpha value is -3.60. The maximum absolute atomic E-state index is 13.2. The minimum absolute atomic E-state index is 0.0816. The predicted octanol–water partition coefficient (Wildman–Crippen LogP) is 5.90. The first kappa shape index (κ1) is 27.4. The second-order valence-electron chi connectivity index (χ2n) is 8.92. The number of carbonyl (C=O) groups excluding carboxylic acids is 1. The zero-order chi connectivity index (χ0) is 27.5. The van der Waals surface area contributed by atoms with Crippen LogP contribution in [0.25, 0.3) is 11.1 Å². The van der Waals surface area contributed by atoms with E-state index in [0.29, 0.717) is 49.8 Å². The number of ether oxygens (including phenoxy) is 1. The molecular weight excluding hydrogens is 512 g/mol. The fourth-order valence-corrected chi connectivity index (χ4v) is 4.27. The monoisotopic (exact) mass is 537 g/mol. The Labute approximate surface area is 215 Å². The molecule has 38 heavy (non-hydrogen) atoms. The van der Waals surface area contributed by atoms with Gasteiger partial charge in [-0.2, -0.15) is 26.3 Å². The van der Waals surface area contributed by atoms with E-state index in [1.54, 1.807) is 0 Å². The zero-order valence-corrected chi connectivity index (χ0v) is 20.4. The van der Waals surface area contributed by atoms with E-state index in [9.17, 15) is 31.1 Å². The first-order valence-electron chi connectivity index (χ1n) is 11.9. The Bertz CT molecular complexity index is 1270. The number of benzene rings is 2. The molecule has 1 N–H and O–H groups in total. The summed E-state index contributed by atoms with van der Waals surface area (Å²) in [6, 6.07) is 10.7. The molecule has 2 aromatic carbocycles. The Morgan fingerprint density at radius 2 is 1.58 bits per heavy atom. The van der Waals surface area contributed by atoms with Gasteiger partial charge in [0.15, 0.2) is 0 Å². The molecule has 0 atom stereocenters. The summed E-state index contributed by atoms with van der Waals surface area (Å²) in [5, 5.41) is 2.62. The Morgan fingerprint density at radius 3 is 2.18 bits per heavy atom. The summed E-state index contributed by atoms with van der Waals surface area (Å²) >= 11 is 0. The van der Waals surface area contributed by atoms with Crippen molar-refractivity contribution in [2.24, 2.45) is 0 Å². The van der Waals surface area contributed by atoms with Crippen molar-refractivity contribution in [3.05, 3.63) is 82.5 Å².